The second-order valence-electron chi connectivity index (χ2n) is 5.68. The van der Waals surface area contributed by atoms with E-state index in [9.17, 15) is 9.90 Å². The molecule has 1 aromatic heterocycles. The maximum absolute atomic E-state index is 12.6. The van der Waals surface area contributed by atoms with E-state index in [-0.39, 0.29) is 12.5 Å². The van der Waals surface area contributed by atoms with Crippen LogP contribution in [-0.4, -0.2) is 27.6 Å². The maximum Gasteiger partial charge on any atom is 0.255 e. The predicted octanol–water partition coefficient (Wildman–Crippen LogP) is 2.92. The van der Waals surface area contributed by atoms with Gasteiger partial charge in [0.25, 0.3) is 5.91 Å². The first-order valence-electron chi connectivity index (χ1n) is 8.05. The summed E-state index contributed by atoms with van der Waals surface area (Å²) in [4.78, 5) is 21.3. The van der Waals surface area contributed by atoms with Crippen LogP contribution in [0.3, 0.4) is 0 Å². The Morgan fingerprint density at radius 1 is 1.08 bits per heavy atom. The topological polar surface area (TPSA) is 75.1 Å². The van der Waals surface area contributed by atoms with Crippen LogP contribution in [-0.2, 0) is 0 Å². The molecule has 0 aliphatic heterocycles. The van der Waals surface area contributed by atoms with Crippen molar-refractivity contribution >= 4 is 5.91 Å². The molecule has 0 bridgehead atoms. The third-order valence-electron chi connectivity index (χ3n) is 3.95. The lowest BCUT2D eigenvalue weighted by Gasteiger charge is -2.17. The fourth-order valence-electron chi connectivity index (χ4n) is 2.57. The molecule has 1 amide bonds. The summed E-state index contributed by atoms with van der Waals surface area (Å²) in [5.41, 5.74) is 2.73. The molecule has 2 aromatic carbocycles. The number of hydrogen-bond acceptors (Lipinski definition) is 4. The monoisotopic (exact) mass is 333 g/mol. The highest BCUT2D eigenvalue weighted by Gasteiger charge is 2.17. The summed E-state index contributed by atoms with van der Waals surface area (Å²) >= 11 is 0. The summed E-state index contributed by atoms with van der Waals surface area (Å²) in [6, 6.07) is 18.5. The Balaban J connectivity index is 1.80. The molecular weight excluding hydrogens is 314 g/mol. The number of amides is 1. The van der Waals surface area contributed by atoms with E-state index in [1.165, 1.54) is 6.20 Å². The van der Waals surface area contributed by atoms with Gasteiger partial charge in [-0.15, -0.1) is 0 Å². The van der Waals surface area contributed by atoms with Gasteiger partial charge in [-0.05, 0) is 12.5 Å². The fraction of sp³-hybridized carbons (Fsp3) is 0.150. The van der Waals surface area contributed by atoms with E-state index in [1.807, 2.05) is 60.7 Å². The lowest BCUT2D eigenvalue weighted by atomic mass is 10.1. The van der Waals surface area contributed by atoms with Gasteiger partial charge in [0.15, 0.2) is 5.82 Å². The van der Waals surface area contributed by atoms with E-state index in [0.717, 1.165) is 11.1 Å². The van der Waals surface area contributed by atoms with E-state index in [1.54, 1.807) is 6.92 Å². The third kappa shape index (κ3) is 3.89. The number of carbonyl (C=O) groups excluding carboxylic acids is 1. The first-order valence-corrected chi connectivity index (χ1v) is 8.05. The van der Waals surface area contributed by atoms with Crippen LogP contribution in [0.25, 0.3) is 11.4 Å². The molecule has 5 nitrogen and oxygen atoms in total. The summed E-state index contributed by atoms with van der Waals surface area (Å²) in [7, 11) is 0. The molecule has 0 fully saturated rings. The molecule has 2 N–H and O–H groups in total. The highest BCUT2D eigenvalue weighted by molar-refractivity contribution is 5.95. The van der Waals surface area contributed by atoms with Crippen molar-refractivity contribution in [3.05, 3.63) is 83.7 Å². The highest BCUT2D eigenvalue weighted by Crippen LogP contribution is 2.17. The molecule has 0 aliphatic rings. The van der Waals surface area contributed by atoms with Crippen LogP contribution >= 0.6 is 0 Å². The molecule has 0 saturated carbocycles. The maximum atomic E-state index is 12.6. The summed E-state index contributed by atoms with van der Waals surface area (Å²) in [6.45, 7) is 1.59. The lowest BCUT2D eigenvalue weighted by Crippen LogP contribution is -2.31. The molecule has 3 aromatic rings. The zero-order valence-corrected chi connectivity index (χ0v) is 13.9. The quantitative estimate of drug-likeness (QED) is 0.753. The van der Waals surface area contributed by atoms with Crippen molar-refractivity contribution in [2.75, 3.05) is 6.61 Å². The van der Waals surface area contributed by atoms with Crippen molar-refractivity contribution in [2.24, 2.45) is 0 Å². The number of rotatable bonds is 5. The number of aliphatic hydroxyl groups is 1. The van der Waals surface area contributed by atoms with Gasteiger partial charge in [0.1, 0.15) is 0 Å². The van der Waals surface area contributed by atoms with E-state index < -0.39 is 6.04 Å². The number of benzene rings is 2. The Morgan fingerprint density at radius 2 is 1.72 bits per heavy atom. The molecule has 1 heterocycles. The van der Waals surface area contributed by atoms with Crippen LogP contribution in [0.1, 0.15) is 27.7 Å². The fourth-order valence-corrected chi connectivity index (χ4v) is 2.57. The van der Waals surface area contributed by atoms with Gasteiger partial charge in [-0.1, -0.05) is 60.7 Å². The van der Waals surface area contributed by atoms with Gasteiger partial charge < -0.3 is 10.4 Å². The summed E-state index contributed by atoms with van der Waals surface area (Å²) in [5.74, 6) is 0.274. The number of aromatic nitrogens is 2. The number of aliphatic hydroxyl groups excluding tert-OH is 1. The third-order valence-corrected chi connectivity index (χ3v) is 3.95. The van der Waals surface area contributed by atoms with Crippen molar-refractivity contribution in [3.8, 4) is 11.4 Å². The van der Waals surface area contributed by atoms with Gasteiger partial charge in [-0.25, -0.2) is 9.97 Å². The van der Waals surface area contributed by atoms with E-state index in [2.05, 4.69) is 15.3 Å². The van der Waals surface area contributed by atoms with Crippen LogP contribution in [0.2, 0.25) is 0 Å². The zero-order valence-electron chi connectivity index (χ0n) is 13.9. The molecule has 3 rings (SSSR count). The average molecular weight is 333 g/mol. The summed E-state index contributed by atoms with van der Waals surface area (Å²) < 4.78 is 0. The molecule has 0 aliphatic carbocycles. The van der Waals surface area contributed by atoms with Crippen LogP contribution in [0.4, 0.5) is 0 Å². The van der Waals surface area contributed by atoms with Gasteiger partial charge in [0.05, 0.1) is 23.9 Å². The lowest BCUT2D eigenvalue weighted by molar-refractivity contribution is 0.0914. The molecule has 0 saturated heterocycles. The van der Waals surface area contributed by atoms with Crippen LogP contribution in [0.15, 0.2) is 66.9 Å². The first kappa shape index (κ1) is 16.8. The van der Waals surface area contributed by atoms with E-state index in [4.69, 9.17) is 0 Å². The predicted molar refractivity (Wildman–Crippen MR) is 95.9 cm³/mol. The first-order chi connectivity index (χ1) is 12.2. The van der Waals surface area contributed by atoms with Gasteiger partial charge in [0.2, 0.25) is 0 Å². The van der Waals surface area contributed by atoms with Crippen LogP contribution < -0.4 is 5.32 Å². The Kier molecular flexibility index (Phi) is 5.16. The minimum Gasteiger partial charge on any atom is -0.394 e. The Morgan fingerprint density at radius 3 is 2.32 bits per heavy atom. The Bertz CT molecular complexity index is 851. The second-order valence-corrected chi connectivity index (χ2v) is 5.68. The average Bonchev–Trinajstić information content (AvgIpc) is 2.67. The molecule has 126 valence electrons. The minimum atomic E-state index is -0.470. The molecule has 0 spiro atoms. The van der Waals surface area contributed by atoms with E-state index in [0.29, 0.717) is 17.1 Å². The number of carbonyl (C=O) groups is 1. The van der Waals surface area contributed by atoms with Crippen molar-refractivity contribution < 1.29 is 9.90 Å². The standard InChI is InChI=1S/C20H19N3O2/c1-14-17(12-21-19(22-14)16-10-6-3-7-11-16)20(25)23-18(13-24)15-8-4-2-5-9-15/h2-12,18,24H,13H2,1H3,(H,23,25)/t18-/m0/s1. The van der Waals surface area contributed by atoms with Gasteiger partial charge >= 0.3 is 0 Å². The van der Waals surface area contributed by atoms with Crippen LogP contribution in [0.5, 0.6) is 0 Å². The minimum absolute atomic E-state index is 0.183. The Hall–Kier alpha value is -3.05. The number of aryl methyl sites for hydroxylation is 1. The Labute approximate surface area is 146 Å². The van der Waals surface area contributed by atoms with Crippen molar-refractivity contribution in [2.45, 2.75) is 13.0 Å². The zero-order chi connectivity index (χ0) is 17.6. The normalized spacial score (nSPS) is 11.8. The van der Waals surface area contributed by atoms with E-state index >= 15 is 0 Å². The molecule has 0 unspecified atom stereocenters. The van der Waals surface area contributed by atoms with Gasteiger partial charge in [-0.3, -0.25) is 4.79 Å². The smallest absolute Gasteiger partial charge is 0.255 e. The van der Waals surface area contributed by atoms with Crippen molar-refractivity contribution in [1.82, 2.24) is 15.3 Å². The van der Waals surface area contributed by atoms with Crippen molar-refractivity contribution in [3.63, 3.8) is 0 Å². The number of hydrogen-bond donors (Lipinski definition) is 2. The molecule has 1 atom stereocenters. The molecule has 5 heteroatoms. The summed E-state index contributed by atoms with van der Waals surface area (Å²) in [6.07, 6.45) is 1.53. The van der Waals surface area contributed by atoms with Gasteiger partial charge in [-0.2, -0.15) is 0 Å². The largest absolute Gasteiger partial charge is 0.394 e. The molecule has 25 heavy (non-hydrogen) atoms. The number of nitrogens with one attached hydrogen (secondary N) is 1. The second kappa shape index (κ2) is 7.68. The molecule has 0 radical (unpaired) electrons. The highest BCUT2D eigenvalue weighted by atomic mass is 16.3. The van der Waals surface area contributed by atoms with Crippen LogP contribution in [0, 0.1) is 6.92 Å². The molecular formula is C20H19N3O2. The number of nitrogens with zero attached hydrogens (tertiary/aromatic N) is 2. The summed E-state index contributed by atoms with van der Waals surface area (Å²) in [5, 5.41) is 12.4. The van der Waals surface area contributed by atoms with Gasteiger partial charge in [0, 0.05) is 11.8 Å². The van der Waals surface area contributed by atoms with Crippen molar-refractivity contribution in [1.29, 1.82) is 0 Å². The SMILES string of the molecule is Cc1nc(-c2ccccc2)ncc1C(=O)N[C@@H](CO)c1ccccc1.